The highest BCUT2D eigenvalue weighted by Crippen LogP contribution is 2.31. The Morgan fingerprint density at radius 3 is 2.46 bits per heavy atom. The van der Waals surface area contributed by atoms with E-state index in [1.165, 1.54) is 5.56 Å². The Hall–Kier alpha value is -2.26. The molecule has 1 unspecified atom stereocenters. The Kier molecular flexibility index (Phi) is 6.00. The van der Waals surface area contributed by atoms with Gasteiger partial charge in [0.15, 0.2) is 5.84 Å². The first-order chi connectivity index (χ1) is 12.6. The summed E-state index contributed by atoms with van der Waals surface area (Å²) in [5, 5.41) is 12.8. The Morgan fingerprint density at radius 2 is 1.85 bits per heavy atom. The Morgan fingerprint density at radius 1 is 1.15 bits per heavy atom. The maximum Gasteiger partial charge on any atom is 0.154 e. The van der Waals surface area contributed by atoms with Gasteiger partial charge in [-0.1, -0.05) is 36.4 Å². The average Bonchev–Trinajstić information content (AvgIpc) is 2.68. The van der Waals surface area contributed by atoms with Crippen molar-refractivity contribution in [3.05, 3.63) is 53.6 Å². The van der Waals surface area contributed by atoms with Crippen LogP contribution in [0.1, 0.15) is 29.9 Å². The zero-order chi connectivity index (χ0) is 18.5. The van der Waals surface area contributed by atoms with E-state index in [1.807, 2.05) is 12.1 Å². The molecule has 0 saturated carbocycles. The zero-order valence-electron chi connectivity index (χ0n) is 14.4. The monoisotopic (exact) mass is 372 g/mol. The van der Waals surface area contributed by atoms with Crippen LogP contribution in [0.2, 0.25) is 0 Å². The van der Waals surface area contributed by atoms with Crippen LogP contribution in [0.4, 0.5) is 0 Å². The third-order valence-electron chi connectivity index (χ3n) is 4.72. The van der Waals surface area contributed by atoms with Crippen LogP contribution in [-0.2, 0) is 11.0 Å². The number of nitrogens with one attached hydrogen (secondary N) is 2. The number of piperidine rings is 1. The standard InChI is InChI=1S/C18H24N6OS/c19-18(23-24-20)17-15(2-1-3-16(17)26(21)25)14-6-4-12(5-7-14)13-8-10-22-11-9-13/h1-7,13,22,24H,8-11,20-21H2,(H2,19,23). The topological polar surface area (TPSA) is 132 Å². The second-order valence-corrected chi connectivity index (χ2v) is 7.28. The first-order valence-corrected chi connectivity index (χ1v) is 9.72. The normalized spacial score (nSPS) is 17.1. The quantitative estimate of drug-likeness (QED) is 0.230. The van der Waals surface area contributed by atoms with E-state index in [0.717, 1.165) is 37.1 Å². The fourth-order valence-corrected chi connectivity index (χ4v) is 4.05. The third-order valence-corrected chi connectivity index (χ3v) is 5.49. The van der Waals surface area contributed by atoms with E-state index >= 15 is 0 Å². The molecular formula is C18H24N6OS. The second kappa shape index (κ2) is 8.41. The highest BCUT2D eigenvalue weighted by Gasteiger charge is 2.18. The van der Waals surface area contributed by atoms with Crippen LogP contribution in [0.15, 0.2) is 52.5 Å². The molecule has 1 saturated heterocycles. The average molecular weight is 372 g/mol. The van der Waals surface area contributed by atoms with Gasteiger partial charge >= 0.3 is 0 Å². The molecule has 0 spiro atoms. The number of rotatable bonds is 5. The number of hydrogen-bond donors (Lipinski definition) is 5. The van der Waals surface area contributed by atoms with Gasteiger partial charge in [0.25, 0.3) is 0 Å². The predicted octanol–water partition coefficient (Wildman–Crippen LogP) is 0.885. The summed E-state index contributed by atoms with van der Waals surface area (Å²) >= 11 is 0. The van der Waals surface area contributed by atoms with Crippen LogP contribution in [0.3, 0.4) is 0 Å². The summed E-state index contributed by atoms with van der Waals surface area (Å²) in [5.74, 6) is 5.98. The molecule has 0 amide bonds. The van der Waals surface area contributed by atoms with Crippen molar-refractivity contribution in [3.8, 4) is 11.1 Å². The maximum atomic E-state index is 11.9. The van der Waals surface area contributed by atoms with Crippen LogP contribution >= 0.6 is 0 Å². The van der Waals surface area contributed by atoms with Crippen molar-refractivity contribution in [2.24, 2.45) is 21.8 Å². The van der Waals surface area contributed by atoms with Gasteiger partial charge in [-0.2, -0.15) is 0 Å². The minimum atomic E-state index is -1.69. The van der Waals surface area contributed by atoms with Gasteiger partial charge in [0, 0.05) is 5.56 Å². The molecule has 0 aliphatic carbocycles. The van der Waals surface area contributed by atoms with E-state index in [1.54, 1.807) is 6.07 Å². The molecular weight excluding hydrogens is 348 g/mol. The van der Waals surface area contributed by atoms with Crippen molar-refractivity contribution in [2.45, 2.75) is 23.7 Å². The molecule has 26 heavy (non-hydrogen) atoms. The summed E-state index contributed by atoms with van der Waals surface area (Å²) in [6.45, 7) is 2.11. The maximum absolute atomic E-state index is 11.9. The Bertz CT molecular complexity index is 815. The molecule has 8 N–H and O–H groups in total. The summed E-state index contributed by atoms with van der Waals surface area (Å²) in [6, 6.07) is 13.8. The van der Waals surface area contributed by atoms with Crippen molar-refractivity contribution in [1.82, 2.24) is 10.9 Å². The molecule has 138 valence electrons. The Labute approximate surface area is 155 Å². The Balaban J connectivity index is 2.01. The number of amidine groups is 1. The SMILES string of the molecule is NN/N=C(\N)c1c(-c2ccc(C3CCNCC3)cc2)cccc1S(N)=O. The summed E-state index contributed by atoms with van der Waals surface area (Å²) in [5.41, 5.74) is 11.9. The molecule has 2 aromatic carbocycles. The van der Waals surface area contributed by atoms with Crippen LogP contribution in [0.25, 0.3) is 11.1 Å². The van der Waals surface area contributed by atoms with Crippen LogP contribution in [0, 0.1) is 0 Å². The molecule has 8 heteroatoms. The van der Waals surface area contributed by atoms with E-state index in [0.29, 0.717) is 16.4 Å². The zero-order valence-corrected chi connectivity index (χ0v) is 15.3. The van der Waals surface area contributed by atoms with Gasteiger partial charge in [0.1, 0.15) is 11.0 Å². The van der Waals surface area contributed by atoms with Crippen LogP contribution < -0.4 is 27.6 Å². The largest absolute Gasteiger partial charge is 0.382 e. The molecule has 0 bridgehead atoms. The molecule has 3 rings (SSSR count). The van der Waals surface area contributed by atoms with Crippen molar-refractivity contribution in [3.63, 3.8) is 0 Å². The minimum absolute atomic E-state index is 0.138. The molecule has 7 nitrogen and oxygen atoms in total. The van der Waals surface area contributed by atoms with E-state index in [2.05, 4.69) is 40.2 Å². The highest BCUT2D eigenvalue weighted by molar-refractivity contribution is 7.82. The lowest BCUT2D eigenvalue weighted by atomic mass is 9.89. The number of nitrogens with zero attached hydrogens (tertiary/aromatic N) is 1. The fraction of sp³-hybridized carbons (Fsp3) is 0.278. The van der Waals surface area contributed by atoms with Gasteiger partial charge in [-0.15, -0.1) is 5.10 Å². The van der Waals surface area contributed by atoms with E-state index < -0.39 is 11.0 Å². The molecule has 1 fully saturated rings. The molecule has 1 aliphatic rings. The third kappa shape index (κ3) is 3.94. The van der Waals surface area contributed by atoms with Crippen molar-refractivity contribution >= 4 is 16.8 Å². The molecule has 0 radical (unpaired) electrons. The number of nitrogens with two attached hydrogens (primary N) is 3. The van der Waals surface area contributed by atoms with Crippen LogP contribution in [0.5, 0.6) is 0 Å². The van der Waals surface area contributed by atoms with Gasteiger partial charge in [0.2, 0.25) is 0 Å². The van der Waals surface area contributed by atoms with Gasteiger partial charge in [-0.05, 0) is 54.6 Å². The number of hydrogen-bond acceptors (Lipinski definition) is 5. The van der Waals surface area contributed by atoms with Gasteiger partial charge in [0.05, 0.1) is 4.90 Å². The van der Waals surface area contributed by atoms with E-state index in [-0.39, 0.29) is 5.84 Å². The smallest absolute Gasteiger partial charge is 0.154 e. The van der Waals surface area contributed by atoms with Crippen molar-refractivity contribution < 1.29 is 4.21 Å². The lowest BCUT2D eigenvalue weighted by molar-refractivity contribution is 0.460. The van der Waals surface area contributed by atoms with Gasteiger partial charge in [-0.3, -0.25) is 0 Å². The van der Waals surface area contributed by atoms with Crippen molar-refractivity contribution in [1.29, 1.82) is 0 Å². The van der Waals surface area contributed by atoms with Gasteiger partial charge in [-0.25, -0.2) is 20.7 Å². The predicted molar refractivity (Wildman–Crippen MR) is 105 cm³/mol. The van der Waals surface area contributed by atoms with Crippen molar-refractivity contribution in [2.75, 3.05) is 13.1 Å². The fourth-order valence-electron chi connectivity index (χ4n) is 3.42. The lowest BCUT2D eigenvalue weighted by Crippen LogP contribution is -2.26. The number of hydrazone groups is 1. The highest BCUT2D eigenvalue weighted by atomic mass is 32.2. The second-order valence-electron chi connectivity index (χ2n) is 6.25. The molecule has 0 aromatic heterocycles. The van der Waals surface area contributed by atoms with Crippen LogP contribution in [-0.4, -0.2) is 23.1 Å². The lowest BCUT2D eigenvalue weighted by Gasteiger charge is -2.23. The summed E-state index contributed by atoms with van der Waals surface area (Å²) in [4.78, 5) is 0.418. The van der Waals surface area contributed by atoms with E-state index in [9.17, 15) is 4.21 Å². The number of benzene rings is 2. The molecule has 1 atom stereocenters. The molecule has 1 aliphatic heterocycles. The molecule has 2 aromatic rings. The number of hydrazine groups is 1. The summed E-state index contributed by atoms with van der Waals surface area (Å²) in [7, 11) is -1.69. The summed E-state index contributed by atoms with van der Waals surface area (Å²) < 4.78 is 11.9. The van der Waals surface area contributed by atoms with Gasteiger partial charge < -0.3 is 11.1 Å². The molecule has 1 heterocycles. The first kappa shape index (κ1) is 18.5. The first-order valence-electron chi connectivity index (χ1n) is 8.51. The van der Waals surface area contributed by atoms with E-state index in [4.69, 9.17) is 16.7 Å². The summed E-state index contributed by atoms with van der Waals surface area (Å²) in [6.07, 6.45) is 2.29. The minimum Gasteiger partial charge on any atom is -0.382 e.